The van der Waals surface area contributed by atoms with E-state index >= 15 is 0 Å². The van der Waals surface area contributed by atoms with E-state index in [9.17, 15) is 4.79 Å². The molecule has 0 aliphatic carbocycles. The number of nitrogens with zero attached hydrogens (tertiary/aromatic N) is 1. The monoisotopic (exact) mass is 355 g/mol. The van der Waals surface area contributed by atoms with Crippen LogP contribution >= 0.6 is 11.8 Å². The van der Waals surface area contributed by atoms with Gasteiger partial charge in [-0.2, -0.15) is 0 Å². The largest absolute Gasteiger partial charge is 0.496 e. The van der Waals surface area contributed by atoms with Crippen molar-refractivity contribution < 1.29 is 9.53 Å². The predicted octanol–water partition coefficient (Wildman–Crippen LogP) is 4.51. The number of piperidine rings is 1. The van der Waals surface area contributed by atoms with Crippen LogP contribution in [0.2, 0.25) is 0 Å². The number of methoxy groups -OCH3 is 1. The summed E-state index contributed by atoms with van der Waals surface area (Å²) in [6.07, 6.45) is 4.07. The summed E-state index contributed by atoms with van der Waals surface area (Å²) >= 11 is 1.65. The topological polar surface area (TPSA) is 29.5 Å². The highest BCUT2D eigenvalue weighted by Crippen LogP contribution is 2.28. The van der Waals surface area contributed by atoms with Crippen LogP contribution in [0, 0.1) is 5.92 Å². The van der Waals surface area contributed by atoms with Gasteiger partial charge in [-0.1, -0.05) is 36.4 Å². The molecule has 3 rings (SSSR count). The van der Waals surface area contributed by atoms with Gasteiger partial charge in [0, 0.05) is 35.0 Å². The lowest BCUT2D eigenvalue weighted by Gasteiger charge is -2.32. The molecule has 3 nitrogen and oxygen atoms in total. The van der Waals surface area contributed by atoms with Crippen molar-refractivity contribution in [1.82, 2.24) is 4.90 Å². The van der Waals surface area contributed by atoms with Gasteiger partial charge in [0.25, 0.3) is 0 Å². The smallest absolute Gasteiger partial charge is 0.168 e. The van der Waals surface area contributed by atoms with Crippen LogP contribution in [0.3, 0.4) is 0 Å². The van der Waals surface area contributed by atoms with E-state index in [2.05, 4.69) is 11.0 Å². The van der Waals surface area contributed by atoms with E-state index in [-0.39, 0.29) is 11.7 Å². The molecular formula is C21H25NO2S. The fourth-order valence-corrected chi connectivity index (χ4v) is 4.16. The summed E-state index contributed by atoms with van der Waals surface area (Å²) in [6.45, 7) is 2.68. The first kappa shape index (κ1) is 18.0. The van der Waals surface area contributed by atoms with Crippen LogP contribution in [0.1, 0.15) is 28.8 Å². The minimum Gasteiger partial charge on any atom is -0.496 e. The Morgan fingerprint density at radius 3 is 2.76 bits per heavy atom. The second-order valence-electron chi connectivity index (χ2n) is 6.45. The number of likely N-dealkylation sites (tertiary alicyclic amines) is 1. The van der Waals surface area contributed by atoms with Crippen molar-refractivity contribution in [2.24, 2.45) is 5.92 Å². The third-order valence-corrected chi connectivity index (χ3v) is 5.63. The Balaban J connectivity index is 1.71. The molecule has 1 aliphatic rings. The van der Waals surface area contributed by atoms with E-state index in [1.165, 1.54) is 5.56 Å². The summed E-state index contributed by atoms with van der Waals surface area (Å²) in [7, 11) is 1.71. The SMILES string of the molecule is COc1ccccc1CN1CCC[C@@H](C(=O)c2ccccc2SC)C1. The Morgan fingerprint density at radius 1 is 1.20 bits per heavy atom. The lowest BCUT2D eigenvalue weighted by atomic mass is 9.89. The molecule has 1 atom stereocenters. The van der Waals surface area contributed by atoms with E-state index < -0.39 is 0 Å². The Labute approximate surface area is 154 Å². The molecule has 0 amide bonds. The third kappa shape index (κ3) is 4.25. The van der Waals surface area contributed by atoms with E-state index in [1.807, 2.05) is 48.7 Å². The minimum absolute atomic E-state index is 0.0803. The summed E-state index contributed by atoms with van der Waals surface area (Å²) in [4.78, 5) is 16.5. The zero-order valence-electron chi connectivity index (χ0n) is 14.9. The average Bonchev–Trinajstić information content (AvgIpc) is 2.68. The third-order valence-electron chi connectivity index (χ3n) is 4.84. The van der Waals surface area contributed by atoms with Crippen LogP contribution in [0.4, 0.5) is 0 Å². The summed E-state index contributed by atoms with van der Waals surface area (Å²) in [5.74, 6) is 1.29. The maximum Gasteiger partial charge on any atom is 0.168 e. The van der Waals surface area contributed by atoms with E-state index in [0.717, 1.165) is 48.7 Å². The molecule has 25 heavy (non-hydrogen) atoms. The Morgan fingerprint density at radius 2 is 1.96 bits per heavy atom. The highest BCUT2D eigenvalue weighted by Gasteiger charge is 2.28. The second kappa shape index (κ2) is 8.54. The molecule has 0 spiro atoms. The average molecular weight is 356 g/mol. The fraction of sp³-hybridized carbons (Fsp3) is 0.381. The number of hydrogen-bond acceptors (Lipinski definition) is 4. The molecule has 132 valence electrons. The molecule has 2 aromatic rings. The van der Waals surface area contributed by atoms with Crippen molar-refractivity contribution in [3.05, 3.63) is 59.7 Å². The molecule has 0 saturated carbocycles. The van der Waals surface area contributed by atoms with Crippen LogP contribution in [0.25, 0.3) is 0 Å². The van der Waals surface area contributed by atoms with E-state index in [4.69, 9.17) is 4.74 Å². The van der Waals surface area contributed by atoms with Crippen molar-refractivity contribution in [3.8, 4) is 5.75 Å². The number of carbonyl (C=O) groups excluding carboxylic acids is 1. The number of Topliss-reactive ketones (excluding diaryl/α,β-unsaturated/α-hetero) is 1. The van der Waals surface area contributed by atoms with Gasteiger partial charge in [-0.05, 0) is 37.8 Å². The van der Waals surface area contributed by atoms with Crippen LogP contribution in [-0.4, -0.2) is 37.1 Å². The summed E-state index contributed by atoms with van der Waals surface area (Å²) < 4.78 is 5.46. The quantitative estimate of drug-likeness (QED) is 0.563. The number of benzene rings is 2. The molecule has 1 aliphatic heterocycles. The lowest BCUT2D eigenvalue weighted by molar-refractivity contribution is 0.0808. The maximum atomic E-state index is 13.0. The Hall–Kier alpha value is -1.78. The standard InChI is InChI=1S/C21H25NO2S/c1-24-19-11-5-3-8-16(19)14-22-13-7-9-17(15-22)21(23)18-10-4-6-12-20(18)25-2/h3-6,8,10-12,17H,7,9,13-15H2,1-2H3/t17-/m1/s1. The van der Waals surface area contributed by atoms with E-state index in [0.29, 0.717) is 0 Å². The van der Waals surface area contributed by atoms with Gasteiger partial charge in [0.2, 0.25) is 0 Å². The zero-order chi connectivity index (χ0) is 17.6. The molecule has 4 heteroatoms. The van der Waals surface area contributed by atoms with Crippen LogP contribution < -0.4 is 4.74 Å². The fourth-order valence-electron chi connectivity index (χ4n) is 3.56. The second-order valence-corrected chi connectivity index (χ2v) is 7.30. The molecule has 1 saturated heterocycles. The van der Waals surface area contributed by atoms with Gasteiger partial charge in [0.15, 0.2) is 5.78 Å². The van der Waals surface area contributed by atoms with Gasteiger partial charge in [0.1, 0.15) is 5.75 Å². The highest BCUT2D eigenvalue weighted by molar-refractivity contribution is 7.98. The maximum absolute atomic E-state index is 13.0. The number of rotatable bonds is 6. The van der Waals surface area contributed by atoms with Gasteiger partial charge >= 0.3 is 0 Å². The van der Waals surface area contributed by atoms with Crippen molar-refractivity contribution in [2.45, 2.75) is 24.3 Å². The molecule has 0 aromatic heterocycles. The first-order chi connectivity index (χ1) is 12.2. The molecular weight excluding hydrogens is 330 g/mol. The Bertz CT molecular complexity index is 731. The first-order valence-electron chi connectivity index (χ1n) is 8.74. The number of ketones is 1. The van der Waals surface area contributed by atoms with Gasteiger partial charge in [-0.25, -0.2) is 0 Å². The van der Waals surface area contributed by atoms with Gasteiger partial charge in [-0.15, -0.1) is 11.8 Å². The van der Waals surface area contributed by atoms with Crippen LogP contribution in [0.15, 0.2) is 53.4 Å². The Kier molecular flexibility index (Phi) is 6.16. The van der Waals surface area contributed by atoms with Gasteiger partial charge in [-0.3, -0.25) is 9.69 Å². The van der Waals surface area contributed by atoms with E-state index in [1.54, 1.807) is 18.9 Å². The zero-order valence-corrected chi connectivity index (χ0v) is 15.7. The minimum atomic E-state index is 0.0803. The molecule has 0 bridgehead atoms. The van der Waals surface area contributed by atoms with Gasteiger partial charge in [0.05, 0.1) is 7.11 Å². The number of hydrogen-bond donors (Lipinski definition) is 0. The van der Waals surface area contributed by atoms with Crippen LogP contribution in [-0.2, 0) is 6.54 Å². The predicted molar refractivity (Wildman–Crippen MR) is 104 cm³/mol. The molecule has 2 aromatic carbocycles. The molecule has 0 unspecified atom stereocenters. The first-order valence-corrected chi connectivity index (χ1v) is 9.97. The number of para-hydroxylation sites is 1. The number of thioether (sulfide) groups is 1. The van der Waals surface area contributed by atoms with Crippen molar-refractivity contribution in [2.75, 3.05) is 26.5 Å². The normalized spacial score (nSPS) is 18.1. The lowest BCUT2D eigenvalue weighted by Crippen LogP contribution is -2.38. The summed E-state index contributed by atoms with van der Waals surface area (Å²) in [5.41, 5.74) is 2.06. The van der Waals surface area contributed by atoms with Crippen molar-refractivity contribution >= 4 is 17.5 Å². The van der Waals surface area contributed by atoms with Crippen molar-refractivity contribution in [3.63, 3.8) is 0 Å². The number of carbonyl (C=O) groups is 1. The molecule has 0 radical (unpaired) electrons. The molecule has 1 fully saturated rings. The van der Waals surface area contributed by atoms with Gasteiger partial charge < -0.3 is 4.74 Å². The highest BCUT2D eigenvalue weighted by atomic mass is 32.2. The molecule has 0 N–H and O–H groups in total. The summed E-state index contributed by atoms with van der Waals surface area (Å²) in [5, 5.41) is 0. The summed E-state index contributed by atoms with van der Waals surface area (Å²) in [6, 6.07) is 16.1. The number of ether oxygens (including phenoxy) is 1. The van der Waals surface area contributed by atoms with Crippen LogP contribution in [0.5, 0.6) is 5.75 Å². The van der Waals surface area contributed by atoms with Crippen molar-refractivity contribution in [1.29, 1.82) is 0 Å². The molecule has 1 heterocycles.